The highest BCUT2D eigenvalue weighted by Gasteiger charge is 2.47. The number of amides is 3. The van der Waals surface area contributed by atoms with Gasteiger partial charge in [-0.15, -0.1) is 4.36 Å². The molecule has 0 aromatic heterocycles. The summed E-state index contributed by atoms with van der Waals surface area (Å²) >= 11 is 6.45. The summed E-state index contributed by atoms with van der Waals surface area (Å²) in [7, 11) is -1.61. The van der Waals surface area contributed by atoms with Gasteiger partial charge in [-0.3, -0.25) is 14.4 Å². The molecular formula is C37H49ClN4O5S. The zero-order valence-corrected chi connectivity index (χ0v) is 29.7. The van der Waals surface area contributed by atoms with Gasteiger partial charge in [-0.25, -0.2) is 9.00 Å². The molecule has 4 aliphatic carbocycles. The maximum atomic E-state index is 14.3. The van der Waals surface area contributed by atoms with E-state index >= 15 is 0 Å². The summed E-state index contributed by atoms with van der Waals surface area (Å²) < 4.78 is 34.0. The number of urea groups is 1. The Morgan fingerprint density at radius 1 is 1.23 bits per heavy atom. The minimum absolute atomic E-state index is 0.0163. The van der Waals surface area contributed by atoms with Gasteiger partial charge in [0.1, 0.15) is 15.7 Å². The van der Waals surface area contributed by atoms with Crippen molar-refractivity contribution in [3.8, 4) is 0 Å². The smallest absolute Gasteiger partial charge is 0.327 e. The van der Waals surface area contributed by atoms with Crippen molar-refractivity contribution in [3.05, 3.63) is 70.0 Å². The minimum Gasteiger partial charge on any atom is -0.495 e. The van der Waals surface area contributed by atoms with Gasteiger partial charge < -0.3 is 14.8 Å². The number of benzene rings is 1. The van der Waals surface area contributed by atoms with Crippen molar-refractivity contribution in [1.29, 1.82) is 0 Å². The molecule has 2 N–H and O–H groups in total. The standard InChI is InChI=1S/C37H49ClN4O5S/c1-24-5-3-7-33(46-2)30-13-10-28(30)20-42-22-37(16-4-6-26-17-29(38)12-14-31(26)37)23-47-34-15-11-27(18-32(34)42)35(43)40-48(45,21-24)41-36(44)39-19-25-8-9-25/h3,7,11-12,14-15,17,24-25,28,30,32-33H,4-6,8-10,13,16,18-23H2,1-2H3,(H2,39,40,41,43,44,45)/b7-3+/t24-,28-,30+,32?,33-,37-,48-/m0/s1. The molecule has 3 fully saturated rings. The van der Waals surface area contributed by atoms with Gasteiger partial charge in [0, 0.05) is 49.2 Å². The zero-order chi connectivity index (χ0) is 33.5. The van der Waals surface area contributed by atoms with Gasteiger partial charge >= 0.3 is 6.03 Å². The number of rotatable bonds is 4. The topological polar surface area (TPSA) is 109 Å². The third-order valence-electron chi connectivity index (χ3n) is 11.4. The van der Waals surface area contributed by atoms with E-state index in [2.05, 4.69) is 43.6 Å². The number of halogens is 1. The highest BCUT2D eigenvalue weighted by molar-refractivity contribution is 7.92. The van der Waals surface area contributed by atoms with Crippen LogP contribution < -0.4 is 10.0 Å². The first-order valence-electron chi connectivity index (χ1n) is 17.7. The van der Waals surface area contributed by atoms with E-state index in [1.807, 2.05) is 19.1 Å². The van der Waals surface area contributed by atoms with Crippen LogP contribution in [-0.4, -0.2) is 72.3 Å². The summed E-state index contributed by atoms with van der Waals surface area (Å²) in [6.07, 6.45) is 16.4. The fourth-order valence-corrected chi connectivity index (χ4v) is 10.5. The molecule has 9 nitrogen and oxygen atoms in total. The average molecular weight is 697 g/mol. The molecule has 2 heterocycles. The van der Waals surface area contributed by atoms with Crippen molar-refractivity contribution in [2.75, 3.05) is 39.1 Å². The lowest BCUT2D eigenvalue weighted by Gasteiger charge is -2.46. The van der Waals surface area contributed by atoms with Crippen LogP contribution >= 0.6 is 11.6 Å². The van der Waals surface area contributed by atoms with Crippen LogP contribution in [0.5, 0.6) is 0 Å². The minimum atomic E-state index is -3.40. The van der Waals surface area contributed by atoms with Crippen molar-refractivity contribution in [3.63, 3.8) is 0 Å². The van der Waals surface area contributed by atoms with Crippen LogP contribution in [0.3, 0.4) is 0 Å². The number of allylic oxidation sites excluding steroid dienone is 3. The molecule has 1 unspecified atom stereocenters. The first-order valence-corrected chi connectivity index (χ1v) is 19.8. The van der Waals surface area contributed by atoms with Crippen LogP contribution in [0.15, 0.2) is 58.2 Å². The molecule has 11 heteroatoms. The van der Waals surface area contributed by atoms with Gasteiger partial charge in [0.2, 0.25) is 0 Å². The van der Waals surface area contributed by atoms with Crippen LogP contribution in [0.4, 0.5) is 4.79 Å². The summed E-state index contributed by atoms with van der Waals surface area (Å²) in [5.74, 6) is 1.61. The van der Waals surface area contributed by atoms with Gasteiger partial charge in [0.25, 0.3) is 5.91 Å². The molecule has 6 aliphatic rings. The summed E-state index contributed by atoms with van der Waals surface area (Å²) in [6.45, 7) is 4.74. The van der Waals surface area contributed by atoms with E-state index in [1.165, 1.54) is 11.1 Å². The third-order valence-corrected chi connectivity index (χ3v) is 13.6. The molecule has 1 aromatic rings. The molecule has 7 rings (SSSR count). The summed E-state index contributed by atoms with van der Waals surface area (Å²) in [4.78, 5) is 29.3. The molecule has 2 bridgehead atoms. The Kier molecular flexibility index (Phi) is 9.81. The van der Waals surface area contributed by atoms with E-state index in [1.54, 1.807) is 13.2 Å². The van der Waals surface area contributed by atoms with Crippen LogP contribution in [0.25, 0.3) is 0 Å². The van der Waals surface area contributed by atoms with Crippen molar-refractivity contribution in [1.82, 2.24) is 14.9 Å². The average Bonchev–Trinajstić information content (AvgIpc) is 3.88. The number of aryl methyl sites for hydroxylation is 1. The fourth-order valence-electron chi connectivity index (χ4n) is 8.48. The van der Waals surface area contributed by atoms with E-state index in [9.17, 15) is 13.8 Å². The lowest BCUT2D eigenvalue weighted by atomic mass is 9.68. The quantitative estimate of drug-likeness (QED) is 0.369. The van der Waals surface area contributed by atoms with Crippen LogP contribution in [0.2, 0.25) is 5.02 Å². The van der Waals surface area contributed by atoms with Gasteiger partial charge in [0.05, 0.1) is 24.5 Å². The number of ether oxygens (including phenoxy) is 2. The number of hydrogen-bond donors (Lipinski definition) is 2. The number of carbonyl (C=O) groups is 2. The molecule has 1 aromatic carbocycles. The highest BCUT2D eigenvalue weighted by atomic mass is 35.5. The third kappa shape index (κ3) is 7.28. The number of nitrogens with one attached hydrogen (secondary N) is 2. The van der Waals surface area contributed by atoms with E-state index in [0.29, 0.717) is 49.3 Å². The number of methoxy groups -OCH3 is 1. The van der Waals surface area contributed by atoms with Crippen molar-refractivity contribution in [2.45, 2.75) is 82.3 Å². The van der Waals surface area contributed by atoms with E-state index in [0.717, 1.165) is 68.8 Å². The number of fused-ring (bicyclic) bond motifs is 4. The monoisotopic (exact) mass is 696 g/mol. The van der Waals surface area contributed by atoms with Gasteiger partial charge in [-0.05, 0) is 110 Å². The second kappa shape index (κ2) is 13.9. The Morgan fingerprint density at radius 3 is 2.85 bits per heavy atom. The highest BCUT2D eigenvalue weighted by Crippen LogP contribution is 2.46. The second-order valence-corrected chi connectivity index (χ2v) is 17.5. The predicted octanol–water partition coefficient (Wildman–Crippen LogP) is 6.08. The summed E-state index contributed by atoms with van der Waals surface area (Å²) in [5.41, 5.74) is 2.89. The number of carbonyl (C=O) groups excluding carboxylic acids is 2. The Morgan fingerprint density at radius 2 is 2.08 bits per heavy atom. The van der Waals surface area contributed by atoms with E-state index in [-0.39, 0.29) is 29.2 Å². The molecule has 0 radical (unpaired) electrons. The van der Waals surface area contributed by atoms with Gasteiger partial charge in [-0.1, -0.05) is 36.7 Å². The summed E-state index contributed by atoms with van der Waals surface area (Å²) in [6, 6.07) is 5.60. The maximum absolute atomic E-state index is 14.3. The molecule has 1 saturated heterocycles. The van der Waals surface area contributed by atoms with Crippen LogP contribution in [0.1, 0.15) is 69.4 Å². The lowest BCUT2D eigenvalue weighted by molar-refractivity contribution is -0.114. The van der Waals surface area contributed by atoms with Crippen molar-refractivity contribution < 1.29 is 23.3 Å². The normalized spacial score (nSPS) is 36.1. The zero-order valence-electron chi connectivity index (χ0n) is 28.1. The van der Waals surface area contributed by atoms with Gasteiger partial charge in [0.15, 0.2) is 0 Å². The lowest BCUT2D eigenvalue weighted by Crippen LogP contribution is -2.51. The molecule has 1 spiro atoms. The maximum Gasteiger partial charge on any atom is 0.327 e. The predicted molar refractivity (Wildman–Crippen MR) is 188 cm³/mol. The summed E-state index contributed by atoms with van der Waals surface area (Å²) in [5, 5.41) is 3.58. The SMILES string of the molecule is CO[C@H]1/C=C/C[C@H](C)C[S@@](=O)(NC(=O)NCC2CC2)=NC(=O)C2=CC=C3OC[C@]4(CCCc5cc(Cl)ccc54)CN(C[C@@H]4CC[C@H]41)C3C2. The van der Waals surface area contributed by atoms with E-state index in [4.69, 9.17) is 21.1 Å². The molecule has 7 atom stereocenters. The van der Waals surface area contributed by atoms with Crippen LogP contribution in [-0.2, 0) is 36.0 Å². The molecular weight excluding hydrogens is 648 g/mol. The Bertz CT molecular complexity index is 1650. The number of hydrogen-bond acceptors (Lipinski definition) is 6. The van der Waals surface area contributed by atoms with Crippen LogP contribution in [0, 0.1) is 23.7 Å². The Labute approximate surface area is 290 Å². The first-order chi connectivity index (χ1) is 23.1. The first kappa shape index (κ1) is 33.8. The fraction of sp³-hybridized carbons (Fsp3) is 0.622. The molecule has 3 amide bonds. The Balaban J connectivity index is 1.23. The Hall–Kier alpha value is -2.66. The van der Waals surface area contributed by atoms with E-state index < -0.39 is 21.9 Å². The molecule has 260 valence electrons. The molecule has 2 aliphatic heterocycles. The van der Waals surface area contributed by atoms with Crippen molar-refractivity contribution in [2.24, 2.45) is 28.0 Å². The molecule has 48 heavy (non-hydrogen) atoms. The number of nitrogens with zero attached hydrogens (tertiary/aromatic N) is 2. The van der Waals surface area contributed by atoms with Crippen molar-refractivity contribution >= 4 is 33.5 Å². The largest absolute Gasteiger partial charge is 0.495 e. The molecule has 2 saturated carbocycles. The van der Waals surface area contributed by atoms with Gasteiger partial charge in [-0.2, -0.15) is 0 Å². The second-order valence-electron chi connectivity index (χ2n) is 15.1.